The van der Waals surface area contributed by atoms with Crippen LogP contribution in [0.25, 0.3) is 0 Å². The Morgan fingerprint density at radius 3 is 2.70 bits per heavy atom. The summed E-state index contributed by atoms with van der Waals surface area (Å²) in [6.45, 7) is 2.04. The zero-order valence-electron chi connectivity index (χ0n) is 5.78. The van der Waals surface area contributed by atoms with E-state index in [1.165, 1.54) is 0 Å². The Bertz CT molecular complexity index is 120. The van der Waals surface area contributed by atoms with Crippen LogP contribution in [0.15, 0.2) is 0 Å². The summed E-state index contributed by atoms with van der Waals surface area (Å²) in [5.74, 6) is -0.407. The minimum atomic E-state index is -0.916. The van der Waals surface area contributed by atoms with E-state index in [0.717, 1.165) is 0 Å². The average molecular weight is 225 g/mol. The van der Waals surface area contributed by atoms with Gasteiger partial charge in [-0.2, -0.15) is 0 Å². The first-order valence-corrected chi connectivity index (χ1v) is 5.34. The zero-order valence-corrected chi connectivity index (χ0v) is 9.02. The van der Waals surface area contributed by atoms with Crippen molar-refractivity contribution in [3.63, 3.8) is 0 Å². The van der Waals surface area contributed by atoms with Crippen LogP contribution in [0.2, 0.25) is 0 Å². The Kier molecular flexibility index (Phi) is 5.22. The number of hydrogen-bond acceptors (Lipinski definition) is 3. The molecule has 0 amide bonds. The van der Waals surface area contributed by atoms with E-state index in [1.807, 2.05) is 6.92 Å². The van der Waals surface area contributed by atoms with Gasteiger partial charge in [-0.3, -0.25) is 0 Å². The van der Waals surface area contributed by atoms with Crippen molar-refractivity contribution in [2.24, 2.45) is 5.73 Å². The Morgan fingerprint density at radius 1 is 1.90 bits per heavy atom. The van der Waals surface area contributed by atoms with Gasteiger partial charge in [0.2, 0.25) is 0 Å². The fourth-order valence-corrected chi connectivity index (χ4v) is 1.68. The molecule has 0 rings (SSSR count). The van der Waals surface area contributed by atoms with Gasteiger partial charge in [0.25, 0.3) is 0 Å². The van der Waals surface area contributed by atoms with Crippen molar-refractivity contribution in [3.8, 4) is 0 Å². The third-order valence-corrected chi connectivity index (χ3v) is 3.14. The van der Waals surface area contributed by atoms with Crippen LogP contribution in [0.5, 0.6) is 0 Å². The van der Waals surface area contributed by atoms with Crippen molar-refractivity contribution in [2.75, 3.05) is 5.75 Å². The number of carbonyl (C=O) groups is 1. The molecule has 3 atom stereocenters. The van der Waals surface area contributed by atoms with Crippen molar-refractivity contribution < 1.29 is 9.90 Å². The molecule has 0 aliphatic carbocycles. The van der Waals surface area contributed by atoms with Crippen molar-refractivity contribution in [2.45, 2.75) is 17.0 Å². The van der Waals surface area contributed by atoms with Crippen LogP contribution < -0.4 is 5.73 Å². The molecular formula is C5H12AsNO2S. The number of carboxylic acids is 1. The molecule has 0 saturated heterocycles. The van der Waals surface area contributed by atoms with Gasteiger partial charge in [0.1, 0.15) is 0 Å². The Labute approximate surface area is 73.2 Å². The molecule has 5 heteroatoms. The van der Waals surface area contributed by atoms with E-state index >= 15 is 0 Å². The third-order valence-electron chi connectivity index (χ3n) is 0.856. The van der Waals surface area contributed by atoms with E-state index in [9.17, 15) is 4.79 Å². The first kappa shape index (κ1) is 10.3. The predicted octanol–water partition coefficient (Wildman–Crippen LogP) is -0.889. The maximum absolute atomic E-state index is 10.2. The minimum absolute atomic E-state index is 0.509. The second kappa shape index (κ2) is 5.05. The Balaban J connectivity index is 3.40. The van der Waals surface area contributed by atoms with Gasteiger partial charge in [-0.15, -0.1) is 0 Å². The number of hydrogen-bond donors (Lipinski definition) is 2. The number of nitrogens with two attached hydrogens (primary N) is 1. The van der Waals surface area contributed by atoms with Crippen molar-refractivity contribution >= 4 is 34.6 Å². The number of thioether (sulfide) groups is 1. The number of carboxylic acid groups (broad SMARTS) is 1. The van der Waals surface area contributed by atoms with Gasteiger partial charge in [-0.1, -0.05) is 0 Å². The van der Waals surface area contributed by atoms with E-state index in [1.54, 1.807) is 28.6 Å². The van der Waals surface area contributed by atoms with Crippen LogP contribution in [0.4, 0.5) is 0 Å². The monoisotopic (exact) mass is 225 g/mol. The van der Waals surface area contributed by atoms with E-state index in [2.05, 4.69) is 0 Å². The topological polar surface area (TPSA) is 63.3 Å². The molecule has 0 bridgehead atoms. The fourth-order valence-electron chi connectivity index (χ4n) is 0.327. The zero-order chi connectivity index (χ0) is 8.15. The van der Waals surface area contributed by atoms with Gasteiger partial charge in [0.05, 0.1) is 0 Å². The molecule has 2 unspecified atom stereocenters. The number of rotatable bonds is 4. The predicted molar refractivity (Wildman–Crippen MR) is 46.1 cm³/mol. The standard InChI is InChI=1S/C5H12AsNO2S/c1-3(6)10-2-4(7)5(8)9/h3-4H,2,6-7H2,1H3,(H,8,9)/t3?,4-/m0/s1. The first-order chi connectivity index (χ1) is 4.54. The summed E-state index contributed by atoms with van der Waals surface area (Å²) in [4.78, 5) is 10.2. The van der Waals surface area contributed by atoms with Crippen LogP contribution in [0, 0.1) is 0 Å². The van der Waals surface area contributed by atoms with Crippen LogP contribution >= 0.6 is 11.8 Å². The summed E-state index contributed by atoms with van der Waals surface area (Å²) in [5, 5.41) is 8.36. The summed E-state index contributed by atoms with van der Waals surface area (Å²) in [5.41, 5.74) is 5.25. The Hall–Kier alpha value is 0.338. The van der Waals surface area contributed by atoms with E-state index in [0.29, 0.717) is 9.79 Å². The molecule has 0 aromatic carbocycles. The van der Waals surface area contributed by atoms with Crippen LogP contribution in [-0.2, 0) is 4.79 Å². The third kappa shape index (κ3) is 5.15. The molecule has 0 aromatic heterocycles. The van der Waals surface area contributed by atoms with E-state index in [4.69, 9.17) is 10.8 Å². The van der Waals surface area contributed by atoms with Gasteiger partial charge >= 0.3 is 73.0 Å². The average Bonchev–Trinajstić information content (AvgIpc) is 1.82. The van der Waals surface area contributed by atoms with Crippen molar-refractivity contribution in [1.29, 1.82) is 0 Å². The maximum atomic E-state index is 10.2. The molecule has 0 aliphatic heterocycles. The normalized spacial score (nSPS) is 16.3. The molecule has 0 heterocycles. The van der Waals surface area contributed by atoms with Crippen molar-refractivity contribution in [3.05, 3.63) is 0 Å². The molecule has 10 heavy (non-hydrogen) atoms. The SMILES string of the molecule is CC([AsH2])SC[C@H](N)C(=O)O. The molecule has 3 nitrogen and oxygen atoms in total. The molecule has 0 saturated carbocycles. The van der Waals surface area contributed by atoms with E-state index < -0.39 is 12.0 Å². The number of aliphatic carboxylic acids is 1. The molecule has 3 N–H and O–H groups in total. The van der Waals surface area contributed by atoms with Gasteiger partial charge in [0.15, 0.2) is 0 Å². The van der Waals surface area contributed by atoms with Gasteiger partial charge in [0, 0.05) is 0 Å². The molecule has 60 valence electrons. The molecule has 0 spiro atoms. The first-order valence-electron chi connectivity index (χ1n) is 2.89. The summed E-state index contributed by atoms with van der Waals surface area (Å²) in [6.07, 6.45) is 0. The second-order valence-electron chi connectivity index (χ2n) is 1.98. The molecule has 0 aromatic rings. The summed E-state index contributed by atoms with van der Waals surface area (Å²) in [6, 6.07) is -0.705. The second-order valence-corrected chi connectivity index (χ2v) is 6.51. The van der Waals surface area contributed by atoms with Crippen LogP contribution in [0.1, 0.15) is 6.92 Å². The van der Waals surface area contributed by atoms with Gasteiger partial charge in [-0.05, 0) is 0 Å². The van der Waals surface area contributed by atoms with E-state index in [-0.39, 0.29) is 0 Å². The fraction of sp³-hybridized carbons (Fsp3) is 0.800. The molecule has 0 fully saturated rings. The quantitative estimate of drug-likeness (QED) is 0.609. The van der Waals surface area contributed by atoms with Gasteiger partial charge in [-0.25, -0.2) is 0 Å². The van der Waals surface area contributed by atoms with Crippen LogP contribution in [-0.4, -0.2) is 43.8 Å². The molecule has 0 aliphatic rings. The van der Waals surface area contributed by atoms with Crippen molar-refractivity contribution in [1.82, 2.24) is 0 Å². The Morgan fingerprint density at radius 2 is 2.40 bits per heavy atom. The summed E-state index contributed by atoms with van der Waals surface area (Å²) in [7, 11) is 0. The van der Waals surface area contributed by atoms with Gasteiger partial charge < -0.3 is 0 Å². The summed E-state index contributed by atoms with van der Waals surface area (Å²) >= 11 is 3.18. The molecular weight excluding hydrogens is 213 g/mol. The summed E-state index contributed by atoms with van der Waals surface area (Å²) < 4.78 is 0.512. The molecule has 0 radical (unpaired) electrons. The van der Waals surface area contributed by atoms with Crippen LogP contribution in [0.3, 0.4) is 0 Å².